The molecule has 0 radical (unpaired) electrons. The Balaban J connectivity index is 1.97. The number of rotatable bonds is 10. The average molecular weight is 609 g/mol. The summed E-state index contributed by atoms with van der Waals surface area (Å²) in [7, 11) is -3.93. The van der Waals surface area contributed by atoms with Gasteiger partial charge in [-0.2, -0.15) is 0 Å². The Bertz CT molecular complexity index is 1250. The molecule has 0 heterocycles. The number of halogens is 4. The number of hydrogen-bond donors (Lipinski definition) is 1. The van der Waals surface area contributed by atoms with Crippen molar-refractivity contribution in [3.63, 3.8) is 0 Å². The summed E-state index contributed by atoms with van der Waals surface area (Å²) in [5, 5.41) is 4.20. The Labute approximate surface area is 238 Å². The van der Waals surface area contributed by atoms with Gasteiger partial charge in [-0.05, 0) is 55.2 Å². The number of nitrogens with one attached hydrogen (secondary N) is 1. The van der Waals surface area contributed by atoms with Gasteiger partial charge in [-0.15, -0.1) is 0 Å². The zero-order valence-corrected chi connectivity index (χ0v) is 24.4. The van der Waals surface area contributed by atoms with E-state index in [9.17, 15) is 18.0 Å². The van der Waals surface area contributed by atoms with Crippen LogP contribution in [-0.4, -0.2) is 50.0 Å². The van der Waals surface area contributed by atoms with E-state index in [1.54, 1.807) is 25.1 Å². The van der Waals surface area contributed by atoms with Crippen LogP contribution in [0.25, 0.3) is 0 Å². The standard InChI is InChI=1S/C25H29Cl4N3O4S/c1-3-22(25(34)30-19-6-4-5-7-19)31(14-16-8-9-17(26)12-20(16)28)24(33)15-32(37(2,35)36)23-11-10-18(27)13-21(23)29/h8-13,19,22H,3-7,14-15H2,1-2H3,(H,30,34)/t22-/m0/s1. The molecule has 1 aliphatic carbocycles. The van der Waals surface area contributed by atoms with Crippen molar-refractivity contribution < 1.29 is 18.0 Å². The first-order chi connectivity index (χ1) is 17.4. The summed E-state index contributed by atoms with van der Waals surface area (Å²) < 4.78 is 26.4. The van der Waals surface area contributed by atoms with Crippen LogP contribution in [0.5, 0.6) is 0 Å². The molecule has 7 nitrogen and oxygen atoms in total. The molecule has 3 rings (SSSR count). The van der Waals surface area contributed by atoms with Gasteiger partial charge in [-0.25, -0.2) is 8.42 Å². The molecule has 37 heavy (non-hydrogen) atoms. The van der Waals surface area contributed by atoms with Crippen LogP contribution in [0, 0.1) is 0 Å². The molecule has 2 amide bonds. The van der Waals surface area contributed by atoms with Crippen LogP contribution < -0.4 is 9.62 Å². The minimum absolute atomic E-state index is 0.0165. The maximum absolute atomic E-state index is 13.8. The smallest absolute Gasteiger partial charge is 0.244 e. The molecule has 2 aromatic carbocycles. The van der Waals surface area contributed by atoms with E-state index < -0.39 is 28.5 Å². The third-order valence-corrected chi connectivity index (χ3v) is 8.55. The molecule has 1 aliphatic rings. The van der Waals surface area contributed by atoms with E-state index in [2.05, 4.69) is 5.32 Å². The third kappa shape index (κ3) is 7.90. The molecule has 12 heteroatoms. The van der Waals surface area contributed by atoms with Crippen molar-refractivity contribution in [2.24, 2.45) is 0 Å². The Morgan fingerprint density at radius 2 is 1.59 bits per heavy atom. The quantitative estimate of drug-likeness (QED) is 0.362. The molecular weight excluding hydrogens is 580 g/mol. The molecule has 0 unspecified atom stereocenters. The molecule has 0 aromatic heterocycles. The van der Waals surface area contributed by atoms with Gasteiger partial charge >= 0.3 is 0 Å². The topological polar surface area (TPSA) is 86.8 Å². The molecule has 0 bridgehead atoms. The molecule has 1 N–H and O–H groups in total. The van der Waals surface area contributed by atoms with Gasteiger partial charge in [0.15, 0.2) is 0 Å². The maximum atomic E-state index is 13.8. The zero-order chi connectivity index (χ0) is 27.3. The van der Waals surface area contributed by atoms with E-state index in [1.165, 1.54) is 23.1 Å². The lowest BCUT2D eigenvalue weighted by Crippen LogP contribution is -2.53. The minimum atomic E-state index is -3.93. The second-order valence-electron chi connectivity index (χ2n) is 9.04. The summed E-state index contributed by atoms with van der Waals surface area (Å²) in [4.78, 5) is 28.5. The van der Waals surface area contributed by atoms with Crippen LogP contribution in [0.15, 0.2) is 36.4 Å². The van der Waals surface area contributed by atoms with Crippen molar-refractivity contribution in [2.45, 2.75) is 57.7 Å². The Morgan fingerprint density at radius 3 is 2.14 bits per heavy atom. The average Bonchev–Trinajstić information content (AvgIpc) is 3.31. The van der Waals surface area contributed by atoms with E-state index in [-0.39, 0.29) is 29.2 Å². The summed E-state index contributed by atoms with van der Waals surface area (Å²) in [6.45, 7) is 1.21. The second kappa shape index (κ2) is 12.9. The maximum Gasteiger partial charge on any atom is 0.244 e. The van der Waals surface area contributed by atoms with Gasteiger partial charge in [0.2, 0.25) is 21.8 Å². The summed E-state index contributed by atoms with van der Waals surface area (Å²) in [5.41, 5.74) is 0.678. The fraction of sp³-hybridized carbons (Fsp3) is 0.440. The number of carbonyl (C=O) groups excluding carboxylic acids is 2. The summed E-state index contributed by atoms with van der Waals surface area (Å²) in [6, 6.07) is 8.40. The summed E-state index contributed by atoms with van der Waals surface area (Å²) in [6.07, 6.45) is 5.14. The van der Waals surface area contributed by atoms with Gasteiger partial charge in [0.25, 0.3) is 0 Å². The normalized spacial score (nSPS) is 14.9. The molecule has 0 aliphatic heterocycles. The summed E-state index contributed by atoms with van der Waals surface area (Å²) >= 11 is 24.7. The number of hydrogen-bond acceptors (Lipinski definition) is 4. The predicted octanol–water partition coefficient (Wildman–Crippen LogP) is 5.93. The minimum Gasteiger partial charge on any atom is -0.352 e. The van der Waals surface area contributed by atoms with Gasteiger partial charge in [-0.3, -0.25) is 13.9 Å². The van der Waals surface area contributed by atoms with Crippen LogP contribution in [0.2, 0.25) is 20.1 Å². The van der Waals surface area contributed by atoms with E-state index >= 15 is 0 Å². The van der Waals surface area contributed by atoms with Crippen LogP contribution in [0.4, 0.5) is 5.69 Å². The molecular formula is C25H29Cl4N3O4S. The molecule has 0 spiro atoms. The fourth-order valence-electron chi connectivity index (χ4n) is 4.40. The van der Waals surface area contributed by atoms with Crippen LogP contribution in [0.1, 0.15) is 44.6 Å². The lowest BCUT2D eigenvalue weighted by Gasteiger charge is -2.33. The highest BCUT2D eigenvalue weighted by Crippen LogP contribution is 2.31. The molecule has 1 fully saturated rings. The fourth-order valence-corrected chi connectivity index (χ4v) is 6.29. The lowest BCUT2D eigenvalue weighted by molar-refractivity contribution is -0.140. The Hall–Kier alpha value is -1.71. The number of nitrogens with zero attached hydrogens (tertiary/aromatic N) is 2. The highest BCUT2D eigenvalue weighted by Gasteiger charge is 2.33. The molecule has 1 atom stereocenters. The van der Waals surface area contributed by atoms with Crippen molar-refractivity contribution >= 4 is 73.9 Å². The largest absolute Gasteiger partial charge is 0.352 e. The SMILES string of the molecule is CC[C@@H](C(=O)NC1CCCC1)N(Cc1ccc(Cl)cc1Cl)C(=O)CN(c1ccc(Cl)cc1Cl)S(C)(=O)=O. The van der Waals surface area contributed by atoms with Crippen molar-refractivity contribution in [3.05, 3.63) is 62.1 Å². The van der Waals surface area contributed by atoms with E-state index in [1.807, 2.05) is 0 Å². The van der Waals surface area contributed by atoms with E-state index in [4.69, 9.17) is 46.4 Å². The number of benzene rings is 2. The lowest BCUT2D eigenvalue weighted by atomic mass is 10.1. The zero-order valence-electron chi connectivity index (χ0n) is 20.5. The predicted molar refractivity (Wildman–Crippen MR) is 150 cm³/mol. The number of anilines is 1. The molecule has 2 aromatic rings. The Morgan fingerprint density at radius 1 is 1.00 bits per heavy atom. The molecule has 202 valence electrons. The van der Waals surface area contributed by atoms with Crippen molar-refractivity contribution in [3.8, 4) is 0 Å². The highest BCUT2D eigenvalue weighted by molar-refractivity contribution is 7.92. The van der Waals surface area contributed by atoms with Crippen LogP contribution in [0.3, 0.4) is 0 Å². The van der Waals surface area contributed by atoms with Crippen molar-refractivity contribution in [1.29, 1.82) is 0 Å². The van der Waals surface area contributed by atoms with Crippen molar-refractivity contribution in [2.75, 3.05) is 17.1 Å². The van der Waals surface area contributed by atoms with Gasteiger partial charge in [0.1, 0.15) is 12.6 Å². The number of carbonyl (C=O) groups is 2. The number of sulfonamides is 1. The Kier molecular flexibility index (Phi) is 10.4. The summed E-state index contributed by atoms with van der Waals surface area (Å²) in [5.74, 6) is -0.876. The van der Waals surface area contributed by atoms with Gasteiger partial charge < -0.3 is 10.2 Å². The van der Waals surface area contributed by atoms with Crippen molar-refractivity contribution in [1.82, 2.24) is 10.2 Å². The first kappa shape index (κ1) is 29.8. The second-order valence-corrected chi connectivity index (χ2v) is 12.6. The number of amides is 2. The van der Waals surface area contributed by atoms with Crippen LogP contribution >= 0.6 is 46.4 Å². The third-order valence-electron chi connectivity index (χ3n) is 6.30. The molecule has 0 saturated heterocycles. The van der Waals surface area contributed by atoms with Gasteiger partial charge in [-0.1, -0.05) is 72.2 Å². The first-order valence-electron chi connectivity index (χ1n) is 11.9. The van der Waals surface area contributed by atoms with Gasteiger partial charge in [0, 0.05) is 27.7 Å². The van der Waals surface area contributed by atoms with E-state index in [0.29, 0.717) is 27.1 Å². The van der Waals surface area contributed by atoms with Gasteiger partial charge in [0.05, 0.1) is 17.0 Å². The monoisotopic (exact) mass is 607 g/mol. The highest BCUT2D eigenvalue weighted by atomic mass is 35.5. The molecule has 1 saturated carbocycles. The van der Waals surface area contributed by atoms with Crippen LogP contribution in [-0.2, 0) is 26.2 Å². The van der Waals surface area contributed by atoms with E-state index in [0.717, 1.165) is 36.2 Å². The first-order valence-corrected chi connectivity index (χ1v) is 15.2.